The molecular formula is C22H25N7O3. The Bertz CT molecular complexity index is 1360. The molecule has 1 aromatic carbocycles. The van der Waals surface area contributed by atoms with Crippen LogP contribution in [0.2, 0.25) is 0 Å². The van der Waals surface area contributed by atoms with Gasteiger partial charge in [0.2, 0.25) is 5.91 Å². The van der Waals surface area contributed by atoms with Gasteiger partial charge in [0.05, 0.1) is 18.7 Å². The number of aromatic nitrogens is 6. The van der Waals surface area contributed by atoms with Gasteiger partial charge in [-0.2, -0.15) is 0 Å². The maximum absolute atomic E-state index is 12.5. The van der Waals surface area contributed by atoms with Gasteiger partial charge in [0, 0.05) is 45.1 Å². The fourth-order valence-electron chi connectivity index (χ4n) is 3.72. The fraction of sp³-hybridized carbons (Fsp3) is 0.318. The number of hydrogen-bond donors (Lipinski definition) is 1. The van der Waals surface area contributed by atoms with Crippen LogP contribution in [-0.4, -0.2) is 34.1 Å². The van der Waals surface area contributed by atoms with Gasteiger partial charge in [0.1, 0.15) is 0 Å². The van der Waals surface area contributed by atoms with E-state index in [4.69, 9.17) is 0 Å². The molecule has 0 aliphatic heterocycles. The Morgan fingerprint density at radius 2 is 1.84 bits per heavy atom. The molecule has 1 N–H and O–H groups in total. The summed E-state index contributed by atoms with van der Waals surface area (Å²) < 4.78 is 6.02. The van der Waals surface area contributed by atoms with Gasteiger partial charge < -0.3 is 14.5 Å². The van der Waals surface area contributed by atoms with Crippen molar-refractivity contribution in [2.24, 2.45) is 14.1 Å². The topological polar surface area (TPSA) is 109 Å². The van der Waals surface area contributed by atoms with E-state index in [2.05, 4.69) is 15.3 Å². The van der Waals surface area contributed by atoms with Crippen molar-refractivity contribution in [3.8, 4) is 5.69 Å². The second-order valence-corrected chi connectivity index (χ2v) is 7.77. The van der Waals surface area contributed by atoms with E-state index < -0.39 is 11.2 Å². The normalized spacial score (nSPS) is 12.2. The average molecular weight is 435 g/mol. The first-order valence-electron chi connectivity index (χ1n) is 10.4. The highest BCUT2D eigenvalue weighted by Crippen LogP contribution is 2.16. The highest BCUT2D eigenvalue weighted by atomic mass is 16.2. The molecule has 0 aliphatic carbocycles. The lowest BCUT2D eigenvalue weighted by Crippen LogP contribution is -2.37. The summed E-state index contributed by atoms with van der Waals surface area (Å²) in [6.07, 6.45) is 7.72. The highest BCUT2D eigenvalue weighted by Gasteiger charge is 2.15. The number of hydrogen-bond acceptors (Lipinski definition) is 5. The van der Waals surface area contributed by atoms with E-state index in [1.165, 1.54) is 17.9 Å². The molecule has 1 amide bonds. The summed E-state index contributed by atoms with van der Waals surface area (Å²) in [7, 11) is 3.02. The zero-order valence-electron chi connectivity index (χ0n) is 18.2. The van der Waals surface area contributed by atoms with Gasteiger partial charge in [0.15, 0.2) is 11.2 Å². The van der Waals surface area contributed by atoms with Gasteiger partial charge in [0.25, 0.3) is 5.56 Å². The Labute approximate surface area is 183 Å². The van der Waals surface area contributed by atoms with Crippen LogP contribution < -0.4 is 16.6 Å². The van der Waals surface area contributed by atoms with Gasteiger partial charge in [-0.25, -0.2) is 14.8 Å². The predicted octanol–water partition coefficient (Wildman–Crippen LogP) is 1.28. The number of nitrogens with zero attached hydrogens (tertiary/aromatic N) is 6. The number of imidazole rings is 2. The summed E-state index contributed by atoms with van der Waals surface area (Å²) in [4.78, 5) is 45.2. The van der Waals surface area contributed by atoms with Crippen LogP contribution in [0.15, 0.2) is 58.9 Å². The summed E-state index contributed by atoms with van der Waals surface area (Å²) in [5.74, 6) is -0.0686. The Morgan fingerprint density at radius 1 is 1.09 bits per heavy atom. The molecule has 0 saturated heterocycles. The van der Waals surface area contributed by atoms with Crippen LogP contribution in [0.1, 0.15) is 31.4 Å². The first-order valence-corrected chi connectivity index (χ1v) is 10.4. The zero-order valence-corrected chi connectivity index (χ0v) is 18.2. The summed E-state index contributed by atoms with van der Waals surface area (Å²) in [6.45, 7) is 2.39. The minimum Gasteiger partial charge on any atom is -0.350 e. The lowest BCUT2D eigenvalue weighted by atomic mass is 10.1. The summed E-state index contributed by atoms with van der Waals surface area (Å²) in [5.41, 5.74) is 1.90. The summed E-state index contributed by atoms with van der Waals surface area (Å²) >= 11 is 0. The van der Waals surface area contributed by atoms with Crippen molar-refractivity contribution in [3.05, 3.63) is 75.7 Å². The fourth-order valence-corrected chi connectivity index (χ4v) is 3.72. The van der Waals surface area contributed by atoms with Crippen LogP contribution in [0.5, 0.6) is 0 Å². The van der Waals surface area contributed by atoms with Crippen molar-refractivity contribution >= 4 is 17.1 Å². The van der Waals surface area contributed by atoms with Crippen molar-refractivity contribution in [2.45, 2.75) is 32.4 Å². The molecule has 0 radical (unpaired) electrons. The molecule has 166 valence electrons. The van der Waals surface area contributed by atoms with E-state index in [0.29, 0.717) is 30.6 Å². The third kappa shape index (κ3) is 3.98. The highest BCUT2D eigenvalue weighted by molar-refractivity contribution is 5.76. The van der Waals surface area contributed by atoms with Gasteiger partial charge in [-0.15, -0.1) is 0 Å². The minimum absolute atomic E-state index is 0.0686. The van der Waals surface area contributed by atoms with Crippen molar-refractivity contribution < 1.29 is 4.79 Å². The summed E-state index contributed by atoms with van der Waals surface area (Å²) in [6, 6.07) is 7.81. The van der Waals surface area contributed by atoms with Crippen molar-refractivity contribution in [1.29, 1.82) is 0 Å². The van der Waals surface area contributed by atoms with Gasteiger partial charge >= 0.3 is 5.69 Å². The van der Waals surface area contributed by atoms with Crippen LogP contribution in [0.25, 0.3) is 16.9 Å². The van der Waals surface area contributed by atoms with E-state index in [1.807, 2.05) is 42.0 Å². The quantitative estimate of drug-likeness (QED) is 0.470. The number of carbonyl (C=O) groups is 1. The lowest BCUT2D eigenvalue weighted by Gasteiger charge is -2.15. The third-order valence-electron chi connectivity index (χ3n) is 5.59. The molecule has 0 aliphatic rings. The number of nitrogens with one attached hydrogen (secondary N) is 1. The Morgan fingerprint density at radius 3 is 2.53 bits per heavy atom. The first kappa shape index (κ1) is 21.3. The van der Waals surface area contributed by atoms with Crippen molar-refractivity contribution in [3.63, 3.8) is 0 Å². The second kappa shape index (κ2) is 8.66. The zero-order chi connectivity index (χ0) is 22.8. The smallest absolute Gasteiger partial charge is 0.332 e. The molecule has 0 spiro atoms. The van der Waals surface area contributed by atoms with E-state index >= 15 is 0 Å². The summed E-state index contributed by atoms with van der Waals surface area (Å²) in [5, 5.41) is 3.01. The molecule has 10 heteroatoms. The van der Waals surface area contributed by atoms with Crippen molar-refractivity contribution in [1.82, 2.24) is 33.6 Å². The van der Waals surface area contributed by atoms with Crippen LogP contribution >= 0.6 is 0 Å². The van der Waals surface area contributed by atoms with Gasteiger partial charge in [-0.3, -0.25) is 18.7 Å². The van der Waals surface area contributed by atoms with E-state index in [-0.39, 0.29) is 11.9 Å². The monoisotopic (exact) mass is 435 g/mol. The maximum atomic E-state index is 12.5. The lowest BCUT2D eigenvalue weighted by molar-refractivity contribution is -0.121. The maximum Gasteiger partial charge on any atom is 0.332 e. The molecule has 3 heterocycles. The third-order valence-corrected chi connectivity index (χ3v) is 5.59. The number of fused-ring (bicyclic) bond motifs is 1. The second-order valence-electron chi connectivity index (χ2n) is 7.77. The molecule has 4 rings (SSSR count). The molecule has 3 aromatic heterocycles. The average Bonchev–Trinajstić information content (AvgIpc) is 3.47. The molecule has 1 unspecified atom stereocenters. The van der Waals surface area contributed by atoms with Crippen molar-refractivity contribution in [2.75, 3.05) is 0 Å². The van der Waals surface area contributed by atoms with E-state index in [1.54, 1.807) is 24.1 Å². The molecule has 32 heavy (non-hydrogen) atoms. The van der Waals surface area contributed by atoms with Crippen LogP contribution in [0.3, 0.4) is 0 Å². The molecule has 0 fully saturated rings. The molecular weight excluding hydrogens is 410 g/mol. The Hall–Kier alpha value is -3.95. The SMILES string of the molecule is CC(NC(=O)CCCn1cnc2c1c(=O)n(C)c(=O)n2C)c1ccc(-n2ccnc2)cc1. The van der Waals surface area contributed by atoms with Crippen LogP contribution in [-0.2, 0) is 25.4 Å². The number of amides is 1. The van der Waals surface area contributed by atoms with E-state index in [0.717, 1.165) is 15.8 Å². The van der Waals surface area contributed by atoms with Gasteiger partial charge in [-0.1, -0.05) is 12.1 Å². The minimum atomic E-state index is -0.417. The largest absolute Gasteiger partial charge is 0.350 e. The first-order chi connectivity index (χ1) is 15.4. The van der Waals surface area contributed by atoms with E-state index in [9.17, 15) is 14.4 Å². The van der Waals surface area contributed by atoms with Crippen LogP contribution in [0.4, 0.5) is 0 Å². The number of benzene rings is 1. The number of carbonyl (C=O) groups excluding carboxylic acids is 1. The Kier molecular flexibility index (Phi) is 5.76. The molecule has 0 saturated carbocycles. The Balaban J connectivity index is 1.35. The molecule has 1 atom stereocenters. The molecule has 4 aromatic rings. The van der Waals surface area contributed by atoms with Gasteiger partial charge in [-0.05, 0) is 31.0 Å². The predicted molar refractivity (Wildman–Crippen MR) is 120 cm³/mol. The number of aryl methyl sites for hydroxylation is 2. The number of rotatable bonds is 7. The standard InChI is InChI=1S/C22H25N7O3/c1-15(16-6-8-17(9-7-16)28-12-10-23-13-28)25-18(30)5-4-11-29-14-24-20-19(29)21(31)27(3)22(32)26(20)2/h6-10,12-15H,4-5,11H2,1-3H3,(H,25,30). The van der Waals surface area contributed by atoms with Crippen LogP contribution in [0, 0.1) is 0 Å². The molecule has 0 bridgehead atoms. The molecule has 10 nitrogen and oxygen atoms in total.